The molecule has 0 radical (unpaired) electrons. The van der Waals surface area contributed by atoms with E-state index in [1.54, 1.807) is 0 Å². The van der Waals surface area contributed by atoms with Gasteiger partial charge in [-0.1, -0.05) is 0 Å². The van der Waals surface area contributed by atoms with Gasteiger partial charge in [0.15, 0.2) is 16.1 Å². The SMILES string of the molecule is O=[SH](=O)C1CO1. The van der Waals surface area contributed by atoms with Crippen molar-refractivity contribution in [3.8, 4) is 0 Å². The van der Waals surface area contributed by atoms with Gasteiger partial charge in [0.2, 0.25) is 0 Å². The van der Waals surface area contributed by atoms with E-state index in [9.17, 15) is 8.42 Å². The summed E-state index contributed by atoms with van der Waals surface area (Å²) in [5, 5.41) is 0. The van der Waals surface area contributed by atoms with Crippen LogP contribution in [-0.2, 0) is 15.4 Å². The van der Waals surface area contributed by atoms with Gasteiger partial charge in [-0.25, -0.2) is 8.42 Å². The first-order valence-electron chi connectivity index (χ1n) is 1.56. The third-order valence-electron chi connectivity index (χ3n) is 0.551. The van der Waals surface area contributed by atoms with E-state index < -0.39 is 16.1 Å². The number of rotatable bonds is 1. The van der Waals surface area contributed by atoms with E-state index in [0.29, 0.717) is 6.61 Å². The predicted octanol–water partition coefficient (Wildman–Crippen LogP) is -1.05. The zero-order valence-electron chi connectivity index (χ0n) is 2.96. The van der Waals surface area contributed by atoms with E-state index in [0.717, 1.165) is 0 Å². The fourth-order valence-electron chi connectivity index (χ4n) is 0.165. The van der Waals surface area contributed by atoms with E-state index in [1.165, 1.54) is 0 Å². The molecule has 1 unspecified atom stereocenters. The maximum Gasteiger partial charge on any atom is 0.179 e. The quantitative estimate of drug-likeness (QED) is 0.344. The van der Waals surface area contributed by atoms with Gasteiger partial charge in [0.1, 0.15) is 0 Å². The van der Waals surface area contributed by atoms with Crippen molar-refractivity contribution in [1.82, 2.24) is 0 Å². The van der Waals surface area contributed by atoms with Crippen molar-refractivity contribution in [3.63, 3.8) is 0 Å². The number of hydrogen-bond acceptors (Lipinski definition) is 3. The van der Waals surface area contributed by atoms with Crippen LogP contribution in [0.1, 0.15) is 0 Å². The minimum absolute atomic E-state index is 0.401. The molecule has 1 aliphatic rings. The smallest absolute Gasteiger partial charge is 0.179 e. The van der Waals surface area contributed by atoms with Gasteiger partial charge in [0.25, 0.3) is 0 Å². The van der Waals surface area contributed by atoms with Gasteiger partial charge < -0.3 is 4.74 Å². The number of thiol groups is 1. The lowest BCUT2D eigenvalue weighted by Crippen LogP contribution is -1.82. The maximum atomic E-state index is 9.67. The summed E-state index contributed by atoms with van der Waals surface area (Å²) in [6.45, 7) is 0.401. The third-order valence-corrected chi connectivity index (χ3v) is 1.32. The van der Waals surface area contributed by atoms with Crippen LogP contribution in [-0.4, -0.2) is 20.5 Å². The summed E-state index contributed by atoms with van der Waals surface area (Å²) >= 11 is 0. The molecule has 1 rings (SSSR count). The Morgan fingerprint density at radius 3 is 2.17 bits per heavy atom. The molecule has 0 aromatic carbocycles. The van der Waals surface area contributed by atoms with Crippen LogP contribution in [0.15, 0.2) is 0 Å². The summed E-state index contributed by atoms with van der Waals surface area (Å²) in [5.41, 5.74) is -0.444. The molecule has 1 heterocycles. The Balaban J connectivity index is 2.52. The molecule has 4 heteroatoms. The summed E-state index contributed by atoms with van der Waals surface area (Å²) in [5.74, 6) is 0. The second kappa shape index (κ2) is 1.20. The molecular weight excluding hydrogens is 104 g/mol. The van der Waals surface area contributed by atoms with Gasteiger partial charge in [-0.2, -0.15) is 0 Å². The van der Waals surface area contributed by atoms with Crippen molar-refractivity contribution < 1.29 is 13.2 Å². The second-order valence-corrected chi connectivity index (χ2v) is 2.22. The highest BCUT2D eigenvalue weighted by atomic mass is 32.2. The van der Waals surface area contributed by atoms with Gasteiger partial charge in [0, 0.05) is 0 Å². The molecule has 0 saturated carbocycles. The average Bonchev–Trinajstić information content (AvgIpc) is 2.06. The van der Waals surface area contributed by atoms with Crippen molar-refractivity contribution in [1.29, 1.82) is 0 Å². The fourth-order valence-corrected chi connectivity index (χ4v) is 0.494. The molecule has 0 aromatic rings. The highest BCUT2D eigenvalue weighted by molar-refractivity contribution is 7.73. The molecule has 0 aliphatic carbocycles. The van der Waals surface area contributed by atoms with Crippen LogP contribution in [0.4, 0.5) is 0 Å². The van der Waals surface area contributed by atoms with Crippen LogP contribution in [0, 0.1) is 0 Å². The summed E-state index contributed by atoms with van der Waals surface area (Å²) in [7, 11) is -2.27. The number of epoxide rings is 1. The summed E-state index contributed by atoms with van der Waals surface area (Å²) < 4.78 is 23.7. The largest absolute Gasteiger partial charge is 0.356 e. The minimum atomic E-state index is -2.27. The third kappa shape index (κ3) is 0.693. The minimum Gasteiger partial charge on any atom is -0.356 e. The van der Waals surface area contributed by atoms with Crippen LogP contribution >= 0.6 is 0 Å². The maximum absolute atomic E-state index is 9.67. The lowest BCUT2D eigenvalue weighted by atomic mass is 11.0. The first-order chi connectivity index (χ1) is 2.80. The van der Waals surface area contributed by atoms with Crippen molar-refractivity contribution >= 4 is 10.7 Å². The fraction of sp³-hybridized carbons (Fsp3) is 1.00. The van der Waals surface area contributed by atoms with Crippen molar-refractivity contribution in [2.75, 3.05) is 6.61 Å². The standard InChI is InChI=1S/C2H4O3S/c3-6(4)2-1-5-2/h2,6H,1H2. The van der Waals surface area contributed by atoms with Crippen molar-refractivity contribution in [3.05, 3.63) is 0 Å². The Kier molecular flexibility index (Phi) is 0.816. The molecular formula is C2H4O3S. The molecule has 1 atom stereocenters. The monoisotopic (exact) mass is 108 g/mol. The normalized spacial score (nSPS) is 31.2. The van der Waals surface area contributed by atoms with Gasteiger partial charge in [-0.15, -0.1) is 0 Å². The lowest BCUT2D eigenvalue weighted by Gasteiger charge is -1.61. The molecule has 6 heavy (non-hydrogen) atoms. The van der Waals surface area contributed by atoms with E-state index in [1.807, 2.05) is 0 Å². The highest BCUT2D eigenvalue weighted by Crippen LogP contribution is 2.07. The van der Waals surface area contributed by atoms with E-state index in [2.05, 4.69) is 4.74 Å². The van der Waals surface area contributed by atoms with Crippen LogP contribution in [0.5, 0.6) is 0 Å². The molecule has 3 nitrogen and oxygen atoms in total. The first kappa shape index (κ1) is 4.08. The summed E-state index contributed by atoms with van der Waals surface area (Å²) in [6.07, 6.45) is 0. The van der Waals surface area contributed by atoms with E-state index >= 15 is 0 Å². The zero-order valence-corrected chi connectivity index (χ0v) is 3.85. The predicted molar refractivity (Wildman–Crippen MR) is 20.1 cm³/mol. The van der Waals surface area contributed by atoms with Gasteiger partial charge in [0.05, 0.1) is 6.61 Å². The van der Waals surface area contributed by atoms with Gasteiger partial charge >= 0.3 is 0 Å². The van der Waals surface area contributed by atoms with Crippen LogP contribution in [0.3, 0.4) is 0 Å². The number of ether oxygens (including phenoxy) is 1. The molecule has 1 fully saturated rings. The Hall–Kier alpha value is -0.0900. The van der Waals surface area contributed by atoms with Crippen molar-refractivity contribution in [2.24, 2.45) is 0 Å². The van der Waals surface area contributed by atoms with Crippen LogP contribution < -0.4 is 0 Å². The molecule has 0 aromatic heterocycles. The van der Waals surface area contributed by atoms with Crippen LogP contribution in [0.2, 0.25) is 0 Å². The first-order valence-corrected chi connectivity index (χ1v) is 2.80. The van der Waals surface area contributed by atoms with Gasteiger partial charge in [-0.3, -0.25) is 0 Å². The topological polar surface area (TPSA) is 46.7 Å². The van der Waals surface area contributed by atoms with E-state index in [-0.39, 0.29) is 0 Å². The molecule has 0 amide bonds. The second-order valence-electron chi connectivity index (χ2n) is 1.07. The lowest BCUT2D eigenvalue weighted by molar-refractivity contribution is 0.449. The Morgan fingerprint density at radius 1 is 1.67 bits per heavy atom. The Bertz CT molecular complexity index is 104. The summed E-state index contributed by atoms with van der Waals surface area (Å²) in [6, 6.07) is 0. The molecule has 1 saturated heterocycles. The number of hydrogen-bond donors (Lipinski definition) is 1. The summed E-state index contributed by atoms with van der Waals surface area (Å²) in [4.78, 5) is 0. The van der Waals surface area contributed by atoms with Gasteiger partial charge in [-0.05, 0) is 0 Å². The molecule has 0 spiro atoms. The molecule has 36 valence electrons. The molecule has 0 N–H and O–H groups in total. The molecule has 1 aliphatic heterocycles. The Labute approximate surface area is 36.9 Å². The highest BCUT2D eigenvalue weighted by Gasteiger charge is 2.25. The van der Waals surface area contributed by atoms with Crippen molar-refractivity contribution in [2.45, 2.75) is 5.44 Å². The molecule has 0 bridgehead atoms. The van der Waals surface area contributed by atoms with Crippen LogP contribution in [0.25, 0.3) is 0 Å². The Morgan fingerprint density at radius 2 is 2.17 bits per heavy atom. The average molecular weight is 108 g/mol. The zero-order chi connectivity index (χ0) is 4.57. The van der Waals surface area contributed by atoms with E-state index in [4.69, 9.17) is 0 Å².